The molecule has 0 fully saturated rings. The molecule has 1 N–H and O–H groups in total. The highest BCUT2D eigenvalue weighted by Crippen LogP contribution is 2.29. The molecule has 2 rings (SSSR count). The van der Waals surface area contributed by atoms with Gasteiger partial charge in [-0.25, -0.2) is 4.98 Å². The number of carbonyl (C=O) groups is 1. The van der Waals surface area contributed by atoms with Crippen molar-refractivity contribution in [3.05, 3.63) is 29.6 Å². The third-order valence-electron chi connectivity index (χ3n) is 3.50. The fourth-order valence-electron chi connectivity index (χ4n) is 2.49. The topological polar surface area (TPSA) is 46.9 Å². The summed E-state index contributed by atoms with van der Waals surface area (Å²) < 4.78 is 1.94. The number of aryl methyl sites for hydroxylation is 1. The lowest BCUT2D eigenvalue weighted by atomic mass is 10.2. The second kappa shape index (κ2) is 6.06. The maximum atomic E-state index is 12.4. The van der Waals surface area contributed by atoms with Crippen LogP contribution in [-0.2, 0) is 4.79 Å². The van der Waals surface area contributed by atoms with Gasteiger partial charge < -0.3 is 9.88 Å². The summed E-state index contributed by atoms with van der Waals surface area (Å²) in [7, 11) is 0. The van der Waals surface area contributed by atoms with Gasteiger partial charge in [-0.1, -0.05) is 12.1 Å². The maximum absolute atomic E-state index is 12.4. The highest BCUT2D eigenvalue weighted by atomic mass is 35.5. The molecule has 1 heterocycles. The zero-order valence-electron chi connectivity index (χ0n) is 13.1. The van der Waals surface area contributed by atoms with Gasteiger partial charge in [0.25, 0.3) is 0 Å². The zero-order chi connectivity index (χ0) is 15.7. The van der Waals surface area contributed by atoms with Gasteiger partial charge in [0.1, 0.15) is 11.9 Å². The minimum Gasteiger partial charge on any atom is -0.352 e. The number of halogens is 1. The van der Waals surface area contributed by atoms with Gasteiger partial charge in [0.2, 0.25) is 5.91 Å². The molecule has 1 aromatic carbocycles. The Balaban J connectivity index is 2.58. The van der Waals surface area contributed by atoms with Crippen molar-refractivity contribution in [2.24, 2.45) is 0 Å². The van der Waals surface area contributed by atoms with Crippen LogP contribution in [0.3, 0.4) is 0 Å². The molecule has 0 spiro atoms. The Bertz CT molecular complexity index is 661. The minimum absolute atomic E-state index is 0.0237. The fourth-order valence-corrected chi connectivity index (χ4v) is 2.64. The number of rotatable bonds is 4. The number of hydrogen-bond donors (Lipinski definition) is 1. The molecular formula is C16H22ClN3O. The Morgan fingerprint density at radius 3 is 2.52 bits per heavy atom. The van der Waals surface area contributed by atoms with Crippen molar-refractivity contribution in [1.82, 2.24) is 14.9 Å². The van der Waals surface area contributed by atoms with Crippen molar-refractivity contribution in [2.75, 3.05) is 0 Å². The van der Waals surface area contributed by atoms with E-state index in [4.69, 9.17) is 11.6 Å². The monoisotopic (exact) mass is 307 g/mol. The molecule has 0 aliphatic heterocycles. The van der Waals surface area contributed by atoms with Crippen LogP contribution in [-0.4, -0.2) is 21.5 Å². The van der Waals surface area contributed by atoms with E-state index in [1.165, 1.54) is 0 Å². The average Bonchev–Trinajstić information content (AvgIpc) is 2.78. The normalized spacial score (nSPS) is 14.4. The van der Waals surface area contributed by atoms with Gasteiger partial charge in [0.05, 0.1) is 16.4 Å². The molecule has 21 heavy (non-hydrogen) atoms. The second-order valence-corrected chi connectivity index (χ2v) is 6.39. The molecule has 5 heteroatoms. The predicted molar refractivity (Wildman–Crippen MR) is 86.7 cm³/mol. The van der Waals surface area contributed by atoms with Gasteiger partial charge in [-0.05, 0) is 46.2 Å². The van der Waals surface area contributed by atoms with Crippen molar-refractivity contribution in [3.8, 4) is 0 Å². The number of amides is 1. The van der Waals surface area contributed by atoms with Gasteiger partial charge >= 0.3 is 0 Å². The SMILES string of the molecule is Cc1cccc2c1nc(C(C)Cl)n2C(C)C(=O)NC(C)C. The summed E-state index contributed by atoms with van der Waals surface area (Å²) >= 11 is 6.27. The van der Waals surface area contributed by atoms with Crippen LogP contribution in [0.1, 0.15) is 50.5 Å². The Hall–Kier alpha value is -1.55. The molecule has 2 unspecified atom stereocenters. The molecule has 2 atom stereocenters. The number of nitrogens with one attached hydrogen (secondary N) is 1. The molecule has 0 aliphatic rings. The van der Waals surface area contributed by atoms with Crippen LogP contribution in [0.15, 0.2) is 18.2 Å². The first-order valence-corrected chi connectivity index (χ1v) is 7.68. The second-order valence-electron chi connectivity index (χ2n) is 5.74. The van der Waals surface area contributed by atoms with E-state index in [1.807, 2.05) is 57.4 Å². The number of hydrogen-bond acceptors (Lipinski definition) is 2. The summed E-state index contributed by atoms with van der Waals surface area (Å²) in [5.41, 5.74) is 2.94. The van der Waals surface area contributed by atoms with Crippen LogP contribution >= 0.6 is 11.6 Å². The third-order valence-corrected chi connectivity index (χ3v) is 3.70. The summed E-state index contributed by atoms with van der Waals surface area (Å²) in [6, 6.07) is 5.73. The van der Waals surface area contributed by atoms with E-state index < -0.39 is 0 Å². The number of alkyl halides is 1. The highest BCUT2D eigenvalue weighted by molar-refractivity contribution is 6.20. The Morgan fingerprint density at radius 2 is 1.95 bits per heavy atom. The van der Waals surface area contributed by atoms with Crippen LogP contribution in [0.5, 0.6) is 0 Å². The van der Waals surface area contributed by atoms with E-state index >= 15 is 0 Å². The van der Waals surface area contributed by atoms with Gasteiger partial charge in [-0.2, -0.15) is 0 Å². The van der Waals surface area contributed by atoms with Crippen LogP contribution < -0.4 is 5.32 Å². The molecule has 114 valence electrons. The van der Waals surface area contributed by atoms with E-state index in [1.54, 1.807) is 0 Å². The Kier molecular flexibility index (Phi) is 4.57. The van der Waals surface area contributed by atoms with Gasteiger partial charge in [-0.3, -0.25) is 4.79 Å². The molecular weight excluding hydrogens is 286 g/mol. The summed E-state index contributed by atoms with van der Waals surface area (Å²) in [4.78, 5) is 17.0. The zero-order valence-corrected chi connectivity index (χ0v) is 13.9. The number of fused-ring (bicyclic) bond motifs is 1. The molecule has 2 aromatic rings. The van der Waals surface area contributed by atoms with Crippen molar-refractivity contribution < 1.29 is 4.79 Å². The van der Waals surface area contributed by atoms with Crippen molar-refractivity contribution in [3.63, 3.8) is 0 Å². The van der Waals surface area contributed by atoms with Crippen molar-refractivity contribution >= 4 is 28.5 Å². The quantitative estimate of drug-likeness (QED) is 0.875. The number of carbonyl (C=O) groups excluding carboxylic acids is 1. The van der Waals surface area contributed by atoms with Crippen LogP contribution in [0, 0.1) is 6.92 Å². The molecule has 0 saturated carbocycles. The smallest absolute Gasteiger partial charge is 0.243 e. The van der Waals surface area contributed by atoms with Crippen LogP contribution in [0.4, 0.5) is 0 Å². The summed E-state index contributed by atoms with van der Waals surface area (Å²) in [5, 5.41) is 2.69. The number of aromatic nitrogens is 2. The van der Waals surface area contributed by atoms with Crippen molar-refractivity contribution in [2.45, 2.75) is 52.1 Å². The molecule has 0 bridgehead atoms. The van der Waals surface area contributed by atoms with Gasteiger partial charge in [0, 0.05) is 6.04 Å². The van der Waals surface area contributed by atoms with Crippen LogP contribution in [0.2, 0.25) is 0 Å². The molecule has 4 nitrogen and oxygen atoms in total. The largest absolute Gasteiger partial charge is 0.352 e. The molecule has 0 radical (unpaired) electrons. The lowest BCUT2D eigenvalue weighted by Gasteiger charge is -2.19. The molecule has 0 saturated heterocycles. The summed E-state index contributed by atoms with van der Waals surface area (Å²) in [6.07, 6.45) is 0. The fraction of sp³-hybridized carbons (Fsp3) is 0.500. The first kappa shape index (κ1) is 15.8. The van der Waals surface area contributed by atoms with E-state index in [9.17, 15) is 4.79 Å². The highest BCUT2D eigenvalue weighted by Gasteiger charge is 2.24. The average molecular weight is 308 g/mol. The van der Waals surface area contributed by atoms with E-state index in [0.29, 0.717) is 0 Å². The van der Waals surface area contributed by atoms with Gasteiger partial charge in [-0.15, -0.1) is 11.6 Å². The van der Waals surface area contributed by atoms with E-state index in [0.717, 1.165) is 22.4 Å². The molecule has 1 amide bonds. The standard InChI is InChI=1S/C16H22ClN3O/c1-9(2)18-16(21)12(5)20-13-8-6-7-10(3)14(13)19-15(20)11(4)17/h6-9,11-12H,1-5H3,(H,18,21). The first-order chi connectivity index (χ1) is 9.82. The summed E-state index contributed by atoms with van der Waals surface area (Å²) in [5.74, 6) is 0.705. The lowest BCUT2D eigenvalue weighted by molar-refractivity contribution is -0.124. The van der Waals surface area contributed by atoms with E-state index in [2.05, 4.69) is 10.3 Å². The molecule has 1 aromatic heterocycles. The first-order valence-electron chi connectivity index (χ1n) is 7.24. The van der Waals surface area contributed by atoms with Crippen molar-refractivity contribution in [1.29, 1.82) is 0 Å². The number of para-hydroxylation sites is 1. The predicted octanol–water partition coefficient (Wildman–Crippen LogP) is 3.73. The third kappa shape index (κ3) is 3.05. The van der Waals surface area contributed by atoms with Crippen LogP contribution in [0.25, 0.3) is 11.0 Å². The van der Waals surface area contributed by atoms with Gasteiger partial charge in [0.15, 0.2) is 0 Å². The Labute approximate surface area is 130 Å². The van der Waals surface area contributed by atoms with E-state index in [-0.39, 0.29) is 23.4 Å². The number of nitrogens with zero attached hydrogens (tertiary/aromatic N) is 2. The molecule has 0 aliphatic carbocycles. The number of benzene rings is 1. The summed E-state index contributed by atoms with van der Waals surface area (Å²) in [6.45, 7) is 9.67. The lowest BCUT2D eigenvalue weighted by Crippen LogP contribution is -2.36. The maximum Gasteiger partial charge on any atom is 0.243 e. The minimum atomic E-state index is -0.351. The number of imidazole rings is 1. The Morgan fingerprint density at radius 1 is 1.29 bits per heavy atom.